The van der Waals surface area contributed by atoms with Gasteiger partial charge in [0.25, 0.3) is 0 Å². The van der Waals surface area contributed by atoms with Crippen molar-refractivity contribution in [2.75, 3.05) is 0 Å². The highest BCUT2D eigenvalue weighted by Crippen LogP contribution is 2.18. The van der Waals surface area contributed by atoms with E-state index in [2.05, 4.69) is 10.3 Å². The van der Waals surface area contributed by atoms with Crippen LogP contribution in [-0.4, -0.2) is 21.3 Å². The number of hydrogen-bond donors (Lipinski definition) is 0. The highest BCUT2D eigenvalue weighted by molar-refractivity contribution is 5.81. The van der Waals surface area contributed by atoms with Crippen LogP contribution in [0.25, 0.3) is 17.8 Å². The van der Waals surface area contributed by atoms with Crippen molar-refractivity contribution in [1.82, 2.24) is 15.0 Å². The van der Waals surface area contributed by atoms with Crippen LogP contribution < -0.4 is 0 Å². The van der Waals surface area contributed by atoms with Gasteiger partial charge in [-0.2, -0.15) is 0 Å². The number of carbonyl (C=O) groups is 1. The topological polar surface area (TPSA) is 47.8 Å². The van der Waals surface area contributed by atoms with Gasteiger partial charge >= 0.3 is 0 Å². The Labute approximate surface area is 130 Å². The number of benzene rings is 2. The minimum atomic E-state index is -0.480. The number of hydrogen-bond acceptors (Lipinski definition) is 3. The Balaban J connectivity index is 2.04. The smallest absolute Gasteiger partial charge is 0.172 e. The lowest BCUT2D eigenvalue weighted by molar-refractivity contribution is 0.111. The maximum Gasteiger partial charge on any atom is 0.172 e. The first-order valence-corrected chi connectivity index (χ1v) is 6.78. The fourth-order valence-corrected chi connectivity index (χ4v) is 2.09. The van der Waals surface area contributed by atoms with Gasteiger partial charge < -0.3 is 0 Å². The van der Waals surface area contributed by atoms with Crippen LogP contribution in [0.15, 0.2) is 48.5 Å². The third-order valence-electron chi connectivity index (χ3n) is 3.23. The number of aromatic nitrogens is 3. The first kappa shape index (κ1) is 14.8. The molecule has 0 amide bonds. The van der Waals surface area contributed by atoms with Gasteiger partial charge in [0.1, 0.15) is 17.3 Å². The molecule has 0 unspecified atom stereocenters. The Bertz CT molecular complexity index is 870. The predicted octanol–water partition coefficient (Wildman–Crippen LogP) is 3.53. The second-order valence-corrected chi connectivity index (χ2v) is 4.73. The van der Waals surface area contributed by atoms with E-state index in [1.165, 1.54) is 28.9 Å². The molecule has 0 saturated heterocycles. The van der Waals surface area contributed by atoms with E-state index < -0.39 is 5.82 Å². The molecule has 1 aromatic heterocycles. The normalized spacial score (nSPS) is 11.0. The molecule has 2 aromatic carbocycles. The van der Waals surface area contributed by atoms with Gasteiger partial charge in [-0.25, -0.2) is 13.5 Å². The van der Waals surface area contributed by atoms with Crippen molar-refractivity contribution in [3.63, 3.8) is 0 Å². The summed E-state index contributed by atoms with van der Waals surface area (Å²) in [7, 11) is 0. The zero-order valence-electron chi connectivity index (χ0n) is 11.9. The first-order valence-electron chi connectivity index (χ1n) is 6.78. The Hall–Kier alpha value is -3.15. The molecule has 23 heavy (non-hydrogen) atoms. The highest BCUT2D eigenvalue weighted by Gasteiger charge is 2.13. The van der Waals surface area contributed by atoms with Gasteiger partial charge in [0.15, 0.2) is 12.0 Å². The predicted molar refractivity (Wildman–Crippen MR) is 82.0 cm³/mol. The molecule has 6 heteroatoms. The van der Waals surface area contributed by atoms with E-state index in [1.807, 2.05) is 0 Å². The summed E-state index contributed by atoms with van der Waals surface area (Å²) in [5.74, 6) is -0.819. The highest BCUT2D eigenvalue weighted by atomic mass is 19.1. The number of halogens is 2. The molecule has 0 aliphatic rings. The van der Waals surface area contributed by atoms with E-state index >= 15 is 0 Å². The largest absolute Gasteiger partial charge is 0.296 e. The summed E-state index contributed by atoms with van der Waals surface area (Å²) < 4.78 is 28.1. The van der Waals surface area contributed by atoms with Gasteiger partial charge in [0, 0.05) is 0 Å². The summed E-state index contributed by atoms with van der Waals surface area (Å²) >= 11 is 0. The quantitative estimate of drug-likeness (QED) is 0.693. The zero-order chi connectivity index (χ0) is 16.2. The maximum absolute atomic E-state index is 13.9. The number of aldehydes is 1. The zero-order valence-corrected chi connectivity index (χ0v) is 11.9. The van der Waals surface area contributed by atoms with Crippen LogP contribution in [0, 0.1) is 11.6 Å². The van der Waals surface area contributed by atoms with Gasteiger partial charge in [-0.1, -0.05) is 35.6 Å². The minimum Gasteiger partial charge on any atom is -0.296 e. The van der Waals surface area contributed by atoms with Gasteiger partial charge in [-0.05, 0) is 35.9 Å². The molecule has 0 fully saturated rings. The van der Waals surface area contributed by atoms with E-state index in [0.29, 0.717) is 12.0 Å². The first-order chi connectivity index (χ1) is 11.2. The SMILES string of the molecule is O=Cc1nnn(-c2ccccc2F)c1/C=C/c1ccc(F)cc1. The van der Waals surface area contributed by atoms with Crippen LogP contribution in [0.2, 0.25) is 0 Å². The summed E-state index contributed by atoms with van der Waals surface area (Å²) in [5.41, 5.74) is 1.34. The number of carbonyl (C=O) groups excluding carboxylic acids is 1. The molecule has 0 radical (unpaired) electrons. The Morgan fingerprint density at radius 2 is 1.70 bits per heavy atom. The lowest BCUT2D eigenvalue weighted by Gasteiger charge is -2.04. The van der Waals surface area contributed by atoms with Crippen molar-refractivity contribution in [3.05, 3.63) is 77.1 Å². The number of nitrogens with zero attached hydrogens (tertiary/aromatic N) is 3. The van der Waals surface area contributed by atoms with Crippen molar-refractivity contribution in [3.8, 4) is 5.69 Å². The summed E-state index contributed by atoms with van der Waals surface area (Å²) in [5, 5.41) is 7.57. The number of para-hydroxylation sites is 1. The maximum atomic E-state index is 13.9. The molecule has 4 nitrogen and oxygen atoms in total. The molecule has 0 atom stereocenters. The van der Waals surface area contributed by atoms with E-state index in [4.69, 9.17) is 0 Å². The molecule has 3 aromatic rings. The van der Waals surface area contributed by atoms with Crippen molar-refractivity contribution >= 4 is 18.4 Å². The average Bonchev–Trinajstić information content (AvgIpc) is 2.97. The average molecular weight is 311 g/mol. The van der Waals surface area contributed by atoms with E-state index in [-0.39, 0.29) is 17.2 Å². The molecular formula is C17H11F2N3O. The van der Waals surface area contributed by atoms with Crippen molar-refractivity contribution < 1.29 is 13.6 Å². The van der Waals surface area contributed by atoms with Crippen LogP contribution in [0.1, 0.15) is 21.7 Å². The third-order valence-corrected chi connectivity index (χ3v) is 3.23. The molecule has 0 aliphatic heterocycles. The van der Waals surface area contributed by atoms with Crippen LogP contribution in [0.4, 0.5) is 8.78 Å². The lowest BCUT2D eigenvalue weighted by atomic mass is 10.2. The van der Waals surface area contributed by atoms with Crippen LogP contribution in [0.5, 0.6) is 0 Å². The van der Waals surface area contributed by atoms with Gasteiger partial charge in [0.2, 0.25) is 0 Å². The molecule has 0 saturated carbocycles. The Kier molecular flexibility index (Phi) is 4.05. The fourth-order valence-electron chi connectivity index (χ4n) is 2.09. The molecule has 0 bridgehead atoms. The van der Waals surface area contributed by atoms with Crippen LogP contribution >= 0.6 is 0 Å². The minimum absolute atomic E-state index is 0.0895. The van der Waals surface area contributed by atoms with Crippen LogP contribution in [-0.2, 0) is 0 Å². The Morgan fingerprint density at radius 1 is 0.957 bits per heavy atom. The molecule has 0 N–H and O–H groups in total. The standard InChI is InChI=1S/C17H11F2N3O/c18-13-8-5-12(6-9-13)7-10-17-15(11-23)20-21-22(17)16-4-2-1-3-14(16)19/h1-11H/b10-7+. The third kappa shape index (κ3) is 3.06. The van der Waals surface area contributed by atoms with Gasteiger partial charge in [0.05, 0.1) is 5.69 Å². The molecule has 3 rings (SSSR count). The second-order valence-electron chi connectivity index (χ2n) is 4.73. The monoisotopic (exact) mass is 311 g/mol. The van der Waals surface area contributed by atoms with Crippen molar-refractivity contribution in [2.24, 2.45) is 0 Å². The van der Waals surface area contributed by atoms with E-state index in [9.17, 15) is 13.6 Å². The molecule has 0 aliphatic carbocycles. The summed E-state index contributed by atoms with van der Waals surface area (Å²) in [6.45, 7) is 0. The molecule has 1 heterocycles. The van der Waals surface area contributed by atoms with Crippen LogP contribution in [0.3, 0.4) is 0 Å². The molecule has 114 valence electrons. The summed E-state index contributed by atoms with van der Waals surface area (Å²) in [6.07, 6.45) is 3.81. The molecular weight excluding hydrogens is 300 g/mol. The van der Waals surface area contributed by atoms with Gasteiger partial charge in [-0.3, -0.25) is 4.79 Å². The number of rotatable bonds is 4. The van der Waals surface area contributed by atoms with E-state index in [0.717, 1.165) is 5.56 Å². The second kappa shape index (κ2) is 6.31. The van der Waals surface area contributed by atoms with Gasteiger partial charge in [-0.15, -0.1) is 5.10 Å². The van der Waals surface area contributed by atoms with Crippen molar-refractivity contribution in [1.29, 1.82) is 0 Å². The van der Waals surface area contributed by atoms with E-state index in [1.54, 1.807) is 36.4 Å². The summed E-state index contributed by atoms with van der Waals surface area (Å²) in [4.78, 5) is 11.1. The Morgan fingerprint density at radius 3 is 2.39 bits per heavy atom. The fraction of sp³-hybridized carbons (Fsp3) is 0. The lowest BCUT2D eigenvalue weighted by Crippen LogP contribution is -2.02. The summed E-state index contributed by atoms with van der Waals surface area (Å²) in [6, 6.07) is 11.9. The molecule has 0 spiro atoms. The van der Waals surface area contributed by atoms with Crippen molar-refractivity contribution in [2.45, 2.75) is 0 Å².